The molecule has 1 aromatic rings. The van der Waals surface area contributed by atoms with Gasteiger partial charge in [-0.3, -0.25) is 0 Å². The third kappa shape index (κ3) is 3.23. The average Bonchev–Trinajstić information content (AvgIpc) is 3.20. The van der Waals surface area contributed by atoms with E-state index in [1.807, 2.05) is 12.4 Å². The molecule has 2 unspecified atom stereocenters. The second-order valence-corrected chi connectivity index (χ2v) is 4.64. The molecule has 0 saturated heterocycles. The zero-order valence-electron chi connectivity index (χ0n) is 10.6. The highest BCUT2D eigenvalue weighted by Gasteiger charge is 2.37. The lowest BCUT2D eigenvalue weighted by atomic mass is 10.0. The molecule has 17 heavy (non-hydrogen) atoms. The minimum absolute atomic E-state index is 0.216. The Morgan fingerprint density at radius 3 is 2.65 bits per heavy atom. The van der Waals surface area contributed by atoms with Crippen LogP contribution < -0.4 is 5.32 Å². The molecule has 0 radical (unpaired) electrons. The third-order valence-corrected chi connectivity index (χ3v) is 3.24. The van der Waals surface area contributed by atoms with E-state index in [2.05, 4.69) is 22.2 Å². The first-order valence-corrected chi connectivity index (χ1v) is 6.38. The van der Waals surface area contributed by atoms with Gasteiger partial charge in [-0.1, -0.05) is 6.92 Å². The van der Waals surface area contributed by atoms with E-state index in [9.17, 15) is 0 Å². The quantitative estimate of drug-likeness (QED) is 0.784. The van der Waals surface area contributed by atoms with Crippen LogP contribution in [-0.2, 0) is 4.74 Å². The van der Waals surface area contributed by atoms with E-state index in [0.29, 0.717) is 5.92 Å². The third-order valence-electron chi connectivity index (χ3n) is 3.24. The van der Waals surface area contributed by atoms with Crippen LogP contribution >= 0.6 is 0 Å². The molecule has 0 spiro atoms. The van der Waals surface area contributed by atoms with Gasteiger partial charge in [0.15, 0.2) is 0 Å². The minimum atomic E-state index is 0.216. The molecule has 0 amide bonds. The fraction of sp³-hybridized carbons (Fsp3) is 0.692. The van der Waals surface area contributed by atoms with E-state index in [1.165, 1.54) is 12.8 Å². The first-order chi connectivity index (χ1) is 8.36. The molecule has 4 heteroatoms. The first kappa shape index (κ1) is 12.5. The van der Waals surface area contributed by atoms with E-state index >= 15 is 0 Å². The van der Waals surface area contributed by atoms with Crippen molar-refractivity contribution >= 4 is 0 Å². The zero-order chi connectivity index (χ0) is 12.1. The van der Waals surface area contributed by atoms with E-state index in [4.69, 9.17) is 4.74 Å². The summed E-state index contributed by atoms with van der Waals surface area (Å²) in [4.78, 5) is 8.21. The maximum atomic E-state index is 5.67. The normalized spacial score (nSPS) is 18.9. The predicted molar refractivity (Wildman–Crippen MR) is 66.6 cm³/mol. The number of aromatic nitrogens is 2. The van der Waals surface area contributed by atoms with Crippen molar-refractivity contribution in [1.29, 1.82) is 0 Å². The molecule has 1 aromatic heterocycles. The summed E-state index contributed by atoms with van der Waals surface area (Å²) >= 11 is 0. The van der Waals surface area contributed by atoms with Crippen LogP contribution in [0.25, 0.3) is 0 Å². The molecule has 1 N–H and O–H groups in total. The Labute approximate surface area is 103 Å². The van der Waals surface area contributed by atoms with Gasteiger partial charge in [0, 0.05) is 25.1 Å². The fourth-order valence-electron chi connectivity index (χ4n) is 2.22. The lowest BCUT2D eigenvalue weighted by molar-refractivity contribution is 0.0505. The number of ether oxygens (including phenoxy) is 1. The van der Waals surface area contributed by atoms with Crippen molar-refractivity contribution in [3.05, 3.63) is 24.3 Å². The van der Waals surface area contributed by atoms with Gasteiger partial charge in [0.2, 0.25) is 0 Å². The Hall–Kier alpha value is -1.00. The Balaban J connectivity index is 2.11. The highest BCUT2D eigenvalue weighted by molar-refractivity contribution is 5.13. The van der Waals surface area contributed by atoms with Crippen LogP contribution in [0, 0.1) is 5.92 Å². The average molecular weight is 235 g/mol. The van der Waals surface area contributed by atoms with Gasteiger partial charge in [-0.15, -0.1) is 0 Å². The molecule has 1 aliphatic rings. The van der Waals surface area contributed by atoms with Crippen LogP contribution in [0.5, 0.6) is 0 Å². The molecule has 1 fully saturated rings. The monoisotopic (exact) mass is 235 g/mol. The Bertz CT molecular complexity index is 327. The summed E-state index contributed by atoms with van der Waals surface area (Å²) in [5, 5.41) is 3.55. The van der Waals surface area contributed by atoms with Crippen molar-refractivity contribution in [1.82, 2.24) is 15.3 Å². The lowest BCUT2D eigenvalue weighted by Crippen LogP contribution is -2.35. The minimum Gasteiger partial charge on any atom is -0.379 e. The highest BCUT2D eigenvalue weighted by Crippen LogP contribution is 2.39. The molecule has 1 heterocycles. The smallest absolute Gasteiger partial charge is 0.115 e. The lowest BCUT2D eigenvalue weighted by Gasteiger charge is -2.27. The highest BCUT2D eigenvalue weighted by atomic mass is 16.5. The molecule has 1 aliphatic carbocycles. The molecule has 1 saturated carbocycles. The molecular weight excluding hydrogens is 214 g/mol. The van der Waals surface area contributed by atoms with Crippen LogP contribution in [-0.4, -0.2) is 29.7 Å². The maximum Gasteiger partial charge on any atom is 0.115 e. The summed E-state index contributed by atoms with van der Waals surface area (Å²) in [6.45, 7) is 3.16. The van der Waals surface area contributed by atoms with Crippen LogP contribution in [0.4, 0.5) is 0 Å². The molecule has 0 bridgehead atoms. The number of hydrogen-bond donors (Lipinski definition) is 1. The maximum absolute atomic E-state index is 5.67. The summed E-state index contributed by atoms with van der Waals surface area (Å²) in [6, 6.07) is 0.216. The van der Waals surface area contributed by atoms with Crippen molar-refractivity contribution in [2.45, 2.75) is 38.3 Å². The molecular formula is C13H21N3O. The van der Waals surface area contributed by atoms with E-state index in [1.54, 1.807) is 13.4 Å². The second-order valence-electron chi connectivity index (χ2n) is 4.64. The van der Waals surface area contributed by atoms with Crippen molar-refractivity contribution in [2.24, 2.45) is 5.92 Å². The van der Waals surface area contributed by atoms with Crippen molar-refractivity contribution < 1.29 is 4.74 Å². The Morgan fingerprint density at radius 2 is 2.12 bits per heavy atom. The Kier molecular flexibility index (Phi) is 4.45. The van der Waals surface area contributed by atoms with Gasteiger partial charge < -0.3 is 10.1 Å². The van der Waals surface area contributed by atoms with Gasteiger partial charge in [-0.2, -0.15) is 0 Å². The summed E-state index contributed by atoms with van der Waals surface area (Å²) in [6.07, 6.45) is 9.24. The van der Waals surface area contributed by atoms with Gasteiger partial charge in [0.05, 0.1) is 12.1 Å². The summed E-state index contributed by atoms with van der Waals surface area (Å²) < 4.78 is 5.67. The number of nitrogens with zero attached hydrogens (tertiary/aromatic N) is 2. The molecule has 4 nitrogen and oxygen atoms in total. The largest absolute Gasteiger partial charge is 0.379 e. The number of rotatable bonds is 7. The van der Waals surface area contributed by atoms with Gasteiger partial charge in [-0.05, 0) is 31.7 Å². The topological polar surface area (TPSA) is 47.0 Å². The van der Waals surface area contributed by atoms with Crippen molar-refractivity contribution in [2.75, 3.05) is 13.7 Å². The number of methoxy groups -OCH3 is 1. The molecule has 2 rings (SSSR count). The van der Waals surface area contributed by atoms with Crippen LogP contribution in [0.1, 0.15) is 37.8 Å². The van der Waals surface area contributed by atoms with Crippen molar-refractivity contribution in [3.63, 3.8) is 0 Å². The van der Waals surface area contributed by atoms with E-state index in [0.717, 1.165) is 18.5 Å². The van der Waals surface area contributed by atoms with Gasteiger partial charge in [0.1, 0.15) is 6.33 Å². The molecule has 0 aromatic carbocycles. The molecule has 0 aliphatic heterocycles. The number of nitrogens with one attached hydrogen (secondary N) is 1. The summed E-state index contributed by atoms with van der Waals surface area (Å²) in [5.74, 6) is 0.689. The standard InChI is InChI=1S/C13H21N3O/c1-3-6-16-12(11-7-14-9-15-8-11)13(17-2)10-4-5-10/h7-10,12-13,16H,3-6H2,1-2H3. The van der Waals surface area contributed by atoms with Gasteiger partial charge in [0.25, 0.3) is 0 Å². The summed E-state index contributed by atoms with van der Waals surface area (Å²) in [5.41, 5.74) is 1.12. The van der Waals surface area contributed by atoms with Crippen LogP contribution in [0.15, 0.2) is 18.7 Å². The first-order valence-electron chi connectivity index (χ1n) is 6.38. The summed E-state index contributed by atoms with van der Waals surface area (Å²) in [7, 11) is 1.80. The SMILES string of the molecule is CCCNC(c1cncnc1)C(OC)C1CC1. The van der Waals surface area contributed by atoms with E-state index in [-0.39, 0.29) is 12.1 Å². The molecule has 2 atom stereocenters. The van der Waals surface area contributed by atoms with Crippen LogP contribution in [0.3, 0.4) is 0 Å². The van der Waals surface area contributed by atoms with Crippen molar-refractivity contribution in [3.8, 4) is 0 Å². The fourth-order valence-corrected chi connectivity index (χ4v) is 2.22. The van der Waals surface area contributed by atoms with E-state index < -0.39 is 0 Å². The molecule has 94 valence electrons. The van der Waals surface area contributed by atoms with Gasteiger partial charge >= 0.3 is 0 Å². The number of hydrogen-bond acceptors (Lipinski definition) is 4. The second kappa shape index (κ2) is 6.07. The van der Waals surface area contributed by atoms with Crippen LogP contribution in [0.2, 0.25) is 0 Å². The zero-order valence-corrected chi connectivity index (χ0v) is 10.6. The van der Waals surface area contributed by atoms with Gasteiger partial charge in [-0.25, -0.2) is 9.97 Å². The Morgan fingerprint density at radius 1 is 1.41 bits per heavy atom. The predicted octanol–water partition coefficient (Wildman–Crippen LogP) is 1.94.